The topological polar surface area (TPSA) is 149 Å². The number of carbonyl (C=O) groups excluding carboxylic acids is 1. The molecule has 2 aromatic heterocycles. The van der Waals surface area contributed by atoms with Gasteiger partial charge in [-0.3, -0.25) is 4.79 Å². The van der Waals surface area contributed by atoms with Gasteiger partial charge in [-0.05, 0) is 75.3 Å². The number of aliphatic hydroxyl groups excluding tert-OH is 2. The van der Waals surface area contributed by atoms with Gasteiger partial charge in [0.1, 0.15) is 5.69 Å². The fourth-order valence-electron chi connectivity index (χ4n) is 5.28. The van der Waals surface area contributed by atoms with Gasteiger partial charge < -0.3 is 30.3 Å². The number of benzene rings is 1. The maximum absolute atomic E-state index is 13.6. The molecule has 0 radical (unpaired) electrons. The van der Waals surface area contributed by atoms with Gasteiger partial charge in [0.05, 0.1) is 40.5 Å². The van der Waals surface area contributed by atoms with Crippen molar-refractivity contribution < 1.29 is 23.4 Å². The molecule has 1 amide bonds. The first-order valence-electron chi connectivity index (χ1n) is 13.6. The van der Waals surface area contributed by atoms with Gasteiger partial charge in [0.2, 0.25) is 10.0 Å². The summed E-state index contributed by atoms with van der Waals surface area (Å²) in [5.74, 6) is 0.0538. The number of hydrogen-bond donors (Lipinski definition) is 5. The van der Waals surface area contributed by atoms with Crippen LogP contribution in [-0.2, 0) is 17.1 Å². The average molecular weight is 571 g/mol. The van der Waals surface area contributed by atoms with E-state index < -0.39 is 21.5 Å². The van der Waals surface area contributed by atoms with Gasteiger partial charge in [-0.25, -0.2) is 18.1 Å². The fraction of sp³-hybridized carbons (Fsp3) is 0.500. The molecule has 5 rings (SSSR count). The zero-order chi connectivity index (χ0) is 28.7. The van der Waals surface area contributed by atoms with Crippen molar-refractivity contribution in [2.45, 2.75) is 50.0 Å². The Morgan fingerprint density at radius 2 is 1.82 bits per heavy atom. The van der Waals surface area contributed by atoms with E-state index in [1.165, 1.54) is 18.9 Å². The van der Waals surface area contributed by atoms with Crippen molar-refractivity contribution in [1.82, 2.24) is 14.3 Å². The monoisotopic (exact) mass is 570 g/mol. The number of piperidine rings is 1. The van der Waals surface area contributed by atoms with E-state index in [-0.39, 0.29) is 30.3 Å². The highest BCUT2D eigenvalue weighted by atomic mass is 32.2. The van der Waals surface area contributed by atoms with Crippen molar-refractivity contribution in [3.8, 4) is 0 Å². The van der Waals surface area contributed by atoms with Crippen molar-refractivity contribution >= 4 is 44.0 Å². The number of pyridine rings is 1. The molecular weight excluding hydrogens is 532 g/mol. The Balaban J connectivity index is 1.48. The Labute approximate surface area is 234 Å². The van der Waals surface area contributed by atoms with Crippen LogP contribution in [0.3, 0.4) is 0 Å². The number of nitrogens with one attached hydrogen (secondary N) is 3. The van der Waals surface area contributed by atoms with Crippen LogP contribution in [0.15, 0.2) is 41.4 Å². The smallest absolute Gasteiger partial charge is 0.274 e. The number of aryl methyl sites for hydroxylation is 1. The lowest BCUT2D eigenvalue weighted by Crippen LogP contribution is -2.36. The normalized spacial score (nSPS) is 16.9. The number of fused-ring (bicyclic) bond motifs is 1. The van der Waals surface area contributed by atoms with E-state index >= 15 is 0 Å². The Morgan fingerprint density at radius 1 is 1.10 bits per heavy atom. The lowest BCUT2D eigenvalue weighted by molar-refractivity contribution is 0.102. The van der Waals surface area contributed by atoms with Crippen LogP contribution in [-0.4, -0.2) is 72.5 Å². The molecule has 1 spiro atoms. The predicted molar refractivity (Wildman–Crippen MR) is 155 cm³/mol. The maximum atomic E-state index is 13.6. The maximum Gasteiger partial charge on any atom is 0.274 e. The molecule has 12 heteroatoms. The first-order valence-corrected chi connectivity index (χ1v) is 15.1. The van der Waals surface area contributed by atoms with Crippen molar-refractivity contribution in [3.05, 3.63) is 42.2 Å². The summed E-state index contributed by atoms with van der Waals surface area (Å²) < 4.78 is 30.0. The van der Waals surface area contributed by atoms with Gasteiger partial charge in [-0.2, -0.15) is 0 Å². The summed E-state index contributed by atoms with van der Waals surface area (Å²) in [6.45, 7) is 4.72. The number of carbonyl (C=O) groups is 1. The summed E-state index contributed by atoms with van der Waals surface area (Å²) in [6.07, 6.45) is 6.42. The number of aliphatic hydroxyl groups is 2. The predicted octanol–water partition coefficient (Wildman–Crippen LogP) is 2.66. The Hall–Kier alpha value is -3.19. The second kappa shape index (κ2) is 10.7. The third kappa shape index (κ3) is 5.80. The first-order chi connectivity index (χ1) is 19.0. The van der Waals surface area contributed by atoms with E-state index in [4.69, 9.17) is 5.11 Å². The Morgan fingerprint density at radius 3 is 2.48 bits per heavy atom. The quantitative estimate of drug-likeness (QED) is 0.250. The summed E-state index contributed by atoms with van der Waals surface area (Å²) in [7, 11) is -1.94. The number of aromatic nitrogens is 2. The molecule has 5 N–H and O–H groups in total. The number of sulfonamides is 1. The highest BCUT2D eigenvalue weighted by Gasteiger charge is 2.44. The number of anilines is 3. The summed E-state index contributed by atoms with van der Waals surface area (Å²) in [5, 5.41) is 25.9. The van der Waals surface area contributed by atoms with Crippen LogP contribution in [0.25, 0.3) is 10.9 Å². The number of rotatable bonds is 10. The van der Waals surface area contributed by atoms with Gasteiger partial charge in [0, 0.05) is 38.3 Å². The summed E-state index contributed by atoms with van der Waals surface area (Å²) >= 11 is 0. The molecule has 0 bridgehead atoms. The van der Waals surface area contributed by atoms with Gasteiger partial charge in [-0.15, -0.1) is 0 Å². The van der Waals surface area contributed by atoms with Crippen LogP contribution in [0.5, 0.6) is 0 Å². The van der Waals surface area contributed by atoms with E-state index in [0.29, 0.717) is 22.6 Å². The molecule has 1 saturated heterocycles. The van der Waals surface area contributed by atoms with E-state index in [9.17, 15) is 18.3 Å². The van der Waals surface area contributed by atoms with Crippen LogP contribution >= 0.6 is 0 Å². The highest BCUT2D eigenvalue weighted by molar-refractivity contribution is 7.89. The van der Waals surface area contributed by atoms with Gasteiger partial charge in [-0.1, -0.05) is 0 Å². The molecule has 1 aliphatic heterocycles. The number of amides is 1. The first kappa shape index (κ1) is 28.3. The molecule has 216 valence electrons. The van der Waals surface area contributed by atoms with E-state index in [2.05, 4.69) is 25.2 Å². The summed E-state index contributed by atoms with van der Waals surface area (Å²) in [6, 6.07) is 8.27. The molecular formula is C28H38N6O5S. The molecule has 2 fully saturated rings. The lowest BCUT2D eigenvalue weighted by atomic mass is 9.93. The molecule has 0 atom stereocenters. The van der Waals surface area contributed by atoms with Crippen LogP contribution in [0, 0.1) is 5.41 Å². The molecule has 0 unspecified atom stereocenters. The minimum absolute atomic E-state index is 0.0715. The zero-order valence-corrected chi connectivity index (χ0v) is 24.0. The van der Waals surface area contributed by atoms with E-state index in [0.717, 1.165) is 36.8 Å². The summed E-state index contributed by atoms with van der Waals surface area (Å²) in [5.41, 5.74) is 1.90. The molecule has 3 aromatic rings. The largest absolute Gasteiger partial charge is 0.395 e. The minimum Gasteiger partial charge on any atom is -0.395 e. The molecule has 1 aliphatic carbocycles. The number of hydrogen-bond acceptors (Lipinski definition) is 8. The third-order valence-corrected chi connectivity index (χ3v) is 9.45. The van der Waals surface area contributed by atoms with Crippen LogP contribution in [0.1, 0.15) is 50.0 Å². The molecule has 2 aliphatic rings. The van der Waals surface area contributed by atoms with Gasteiger partial charge in [0.15, 0.2) is 5.82 Å². The summed E-state index contributed by atoms with van der Waals surface area (Å²) in [4.78, 5) is 20.4. The zero-order valence-electron chi connectivity index (χ0n) is 23.2. The van der Waals surface area contributed by atoms with Gasteiger partial charge >= 0.3 is 0 Å². The van der Waals surface area contributed by atoms with Crippen molar-refractivity contribution in [2.75, 3.05) is 48.4 Å². The van der Waals surface area contributed by atoms with Crippen molar-refractivity contribution in [1.29, 1.82) is 0 Å². The third-order valence-electron chi connectivity index (χ3n) is 7.99. The van der Waals surface area contributed by atoms with Crippen molar-refractivity contribution in [2.24, 2.45) is 12.5 Å². The Bertz CT molecular complexity index is 1520. The fourth-order valence-corrected chi connectivity index (χ4v) is 6.32. The number of nitrogens with zero attached hydrogens (tertiary/aromatic N) is 3. The lowest BCUT2D eigenvalue weighted by Gasteiger charge is -2.35. The van der Waals surface area contributed by atoms with Crippen LogP contribution < -0.4 is 20.3 Å². The minimum atomic E-state index is -3.83. The second-order valence-electron chi connectivity index (χ2n) is 11.6. The molecule has 11 nitrogen and oxygen atoms in total. The average Bonchev–Trinajstić information content (AvgIpc) is 3.58. The standard InChI is InChI=1S/C28H38N6O5S/c1-27(2,18-36)32-25-24-19(6-12-33(24)3)16-22(30-25)26(37)31-21-5-4-20(40(38,39)29-11-15-35)17-23(21)34-13-9-28(7-8-28)10-14-34/h4-6,12,16-17,29,35-36H,7-11,13-15,18H2,1-3H3,(H,30,32)(H,31,37). The molecule has 1 aromatic carbocycles. The highest BCUT2D eigenvalue weighted by Crippen LogP contribution is 2.54. The van der Waals surface area contributed by atoms with E-state index in [1.54, 1.807) is 18.2 Å². The van der Waals surface area contributed by atoms with E-state index in [1.807, 2.05) is 37.7 Å². The van der Waals surface area contributed by atoms with Crippen molar-refractivity contribution in [3.63, 3.8) is 0 Å². The van der Waals surface area contributed by atoms with Gasteiger partial charge in [0.25, 0.3) is 5.91 Å². The molecule has 3 heterocycles. The SMILES string of the molecule is Cn1ccc2cc(C(=O)Nc3ccc(S(=O)(=O)NCCO)cc3N3CCC4(CC3)CC4)nc(NC(C)(C)CO)c21. The molecule has 1 saturated carbocycles. The van der Waals surface area contributed by atoms with Crippen LogP contribution in [0.2, 0.25) is 0 Å². The second-order valence-corrected chi connectivity index (χ2v) is 13.4. The van der Waals surface area contributed by atoms with Crippen LogP contribution in [0.4, 0.5) is 17.2 Å². The molecule has 40 heavy (non-hydrogen) atoms. The Kier molecular flexibility index (Phi) is 7.55.